The number of fused-ring (bicyclic) bond motifs is 5. The molecule has 0 unspecified atom stereocenters. The molecule has 1 aliphatic heterocycles. The first kappa shape index (κ1) is 81.6. The minimum atomic E-state index is -2.30. The van der Waals surface area contributed by atoms with Crippen LogP contribution in [0.1, 0.15) is 124 Å². The lowest BCUT2D eigenvalue weighted by Gasteiger charge is -2.62. The number of benzene rings is 1. The summed E-state index contributed by atoms with van der Waals surface area (Å²) in [5, 5.41) is 67.6. The summed E-state index contributed by atoms with van der Waals surface area (Å²) >= 11 is 0. The first-order valence-corrected chi connectivity index (χ1v) is 34.6. The number of ketones is 2. The molecular weight excluding hydrogens is 1320 g/mol. The van der Waals surface area contributed by atoms with Crippen molar-refractivity contribution in [3.63, 3.8) is 0 Å². The lowest BCUT2D eigenvalue weighted by Crippen LogP contribution is -2.69. The number of carboxylic acid groups (broad SMARTS) is 1. The minimum absolute atomic E-state index is 0.0161. The van der Waals surface area contributed by atoms with E-state index in [2.05, 4.69) is 47.9 Å². The second kappa shape index (κ2) is 36.0. The topological polar surface area (TPSA) is 528 Å². The highest BCUT2D eigenvalue weighted by Gasteiger charge is 2.75. The number of nitrogens with one attached hydrogen (secondary N) is 9. The van der Waals surface area contributed by atoms with Crippen LogP contribution in [0.5, 0.6) is 0 Å². The minimum Gasteiger partial charge on any atom is -0.481 e. The van der Waals surface area contributed by atoms with Crippen LogP contribution in [-0.4, -0.2) is 226 Å². The van der Waals surface area contributed by atoms with E-state index in [0.717, 1.165) is 4.90 Å². The van der Waals surface area contributed by atoms with E-state index in [4.69, 9.17) is 27.7 Å². The van der Waals surface area contributed by atoms with Gasteiger partial charge in [-0.15, -0.1) is 0 Å². The van der Waals surface area contributed by atoms with Gasteiger partial charge >= 0.3 is 12.1 Å². The monoisotopic (exact) mass is 1420 g/mol. The molecule has 101 heavy (non-hydrogen) atoms. The van der Waals surface area contributed by atoms with Crippen LogP contribution < -0.4 is 70.8 Å². The lowest BCUT2D eigenvalue weighted by molar-refractivity contribution is -0.219. The van der Waals surface area contributed by atoms with Gasteiger partial charge in [0.25, 0.3) is 0 Å². The smallest absolute Gasteiger partial charge is 0.410 e. The quantitative estimate of drug-likeness (QED) is 0.0455. The summed E-state index contributed by atoms with van der Waals surface area (Å²) in [6, 6.07) is -3.42. The van der Waals surface area contributed by atoms with E-state index < -0.39 is 223 Å². The Hall–Kier alpha value is -8.34. The van der Waals surface area contributed by atoms with Crippen LogP contribution in [0.3, 0.4) is 0 Å². The van der Waals surface area contributed by atoms with Crippen LogP contribution in [0, 0.1) is 34.5 Å². The van der Waals surface area contributed by atoms with Gasteiger partial charge in [0, 0.05) is 62.2 Å². The molecule has 4 aliphatic carbocycles. The molecule has 0 bridgehead atoms. The molecule has 1 aromatic rings. The van der Waals surface area contributed by atoms with Crippen LogP contribution >= 0.6 is 0 Å². The van der Waals surface area contributed by atoms with E-state index in [0.29, 0.717) is 17.6 Å². The number of carboxylic acids is 1. The zero-order valence-electron chi connectivity index (χ0n) is 58.2. The number of hydrogen-bond acceptors (Lipinski definition) is 21. The number of ether oxygens (including phenoxy) is 1. The Morgan fingerprint density at radius 1 is 0.752 bits per heavy atom. The summed E-state index contributed by atoms with van der Waals surface area (Å²) in [6.45, 7) is 5.97. The van der Waals surface area contributed by atoms with Crippen LogP contribution in [-0.2, 0) is 68.7 Å². The van der Waals surface area contributed by atoms with Gasteiger partial charge in [-0.2, -0.15) is 0 Å². The summed E-state index contributed by atoms with van der Waals surface area (Å²) in [5.41, 5.74) is 17.3. The number of allylic oxidation sites excluding steroid dienone is 4. The van der Waals surface area contributed by atoms with Crippen molar-refractivity contribution in [1.29, 1.82) is 0 Å². The third-order valence-corrected chi connectivity index (χ3v) is 20.5. The number of carbonyl (C=O) groups is 13. The molecule has 0 radical (unpaired) electrons. The van der Waals surface area contributed by atoms with Crippen molar-refractivity contribution in [3.05, 3.63) is 59.7 Å². The fraction of sp³-hybridized carbons (Fsp3) is 0.662. The van der Waals surface area contributed by atoms with Crippen LogP contribution in [0.25, 0.3) is 0 Å². The number of Topliss-reactive ketones (excluding diaryl/α,β-unsaturated/α-hetero) is 1. The highest BCUT2D eigenvalue weighted by atomic mass is 19.1. The van der Waals surface area contributed by atoms with Crippen molar-refractivity contribution in [2.45, 2.75) is 197 Å². The molecule has 0 aromatic heterocycles. The molecule has 10 amide bonds. The maximum absolute atomic E-state index is 18.0. The molecule has 33 heteroatoms. The molecule has 5 aliphatic rings. The van der Waals surface area contributed by atoms with Crippen LogP contribution in [0.4, 0.5) is 9.18 Å². The first-order valence-electron chi connectivity index (χ1n) is 34.6. The number of nitrogens with zero attached hydrogens (tertiary/aromatic N) is 1. The molecule has 6 rings (SSSR count). The number of carbonyl (C=O) groups excluding carboxylic acids is 12. The number of amides is 10. The molecule has 17 atom stereocenters. The van der Waals surface area contributed by atoms with Gasteiger partial charge in [0.05, 0.1) is 18.2 Å². The molecule has 21 N–H and O–H groups in total. The fourth-order valence-corrected chi connectivity index (χ4v) is 14.9. The molecule has 1 aromatic carbocycles. The van der Waals surface area contributed by atoms with Crippen molar-refractivity contribution in [2.75, 3.05) is 52.4 Å². The number of aliphatic carboxylic acids is 1. The normalized spacial score (nSPS) is 31.3. The number of halogens is 1. The van der Waals surface area contributed by atoms with Gasteiger partial charge in [-0.3, -0.25) is 57.5 Å². The fourth-order valence-electron chi connectivity index (χ4n) is 14.9. The second-order valence-electron chi connectivity index (χ2n) is 28.0. The van der Waals surface area contributed by atoms with Gasteiger partial charge in [-0.05, 0) is 133 Å². The van der Waals surface area contributed by atoms with Gasteiger partial charge in [0.2, 0.25) is 58.9 Å². The van der Waals surface area contributed by atoms with Crippen molar-refractivity contribution in [2.24, 2.45) is 57.4 Å². The number of rotatable bonds is 25. The molecule has 0 spiro atoms. The van der Waals surface area contributed by atoms with E-state index in [1.807, 2.05) is 0 Å². The Balaban J connectivity index is 1.28. The third-order valence-electron chi connectivity index (χ3n) is 20.5. The average Bonchev–Trinajstić information content (AvgIpc) is 1.62. The SMILES string of the molecule is CC(C)C[C@@H]1NC(=O)[C@@H](Cc2ccccc2)NC(=O)[C@H](CCN)NC(=O)[C@@H](NC(=O)CCN(CCNC(=O)[C@@H](N)CCC(=O)O)C(=O)OCC(=O)[C@@]2(O)[C@H](C)C[C@H]3[C@@H]4CCC5=CC(=O)C=C[C@]5(C)[C@@]4(F)[C@@H](O)C[C@@]32C)CCNC(=O)[C@H]([C@@H](C)O)NC(=O)[C@H](CCN)NC(=O)[C@H](CCN)NC1=O. The van der Waals surface area contributed by atoms with E-state index in [1.54, 1.807) is 65.0 Å². The average molecular weight is 1420 g/mol. The summed E-state index contributed by atoms with van der Waals surface area (Å²) in [7, 11) is 0. The third kappa shape index (κ3) is 19.6. The second-order valence-corrected chi connectivity index (χ2v) is 28.0. The highest BCUT2D eigenvalue weighted by molar-refractivity contribution is 6.02. The van der Waals surface area contributed by atoms with E-state index in [9.17, 15) is 82.8 Å². The van der Waals surface area contributed by atoms with Crippen molar-refractivity contribution >= 4 is 76.8 Å². The van der Waals surface area contributed by atoms with Crippen LogP contribution in [0.15, 0.2) is 54.1 Å². The zero-order valence-corrected chi connectivity index (χ0v) is 58.2. The number of aliphatic hydroxyl groups is 3. The van der Waals surface area contributed by atoms with Gasteiger partial charge in [0.15, 0.2) is 18.1 Å². The van der Waals surface area contributed by atoms with E-state index in [1.165, 1.54) is 25.2 Å². The van der Waals surface area contributed by atoms with E-state index in [-0.39, 0.29) is 89.1 Å². The molecule has 4 fully saturated rings. The number of hydrogen-bond donors (Lipinski definition) is 17. The molecule has 1 saturated heterocycles. The van der Waals surface area contributed by atoms with Gasteiger partial charge in [-0.25, -0.2) is 9.18 Å². The highest BCUT2D eigenvalue weighted by Crippen LogP contribution is 2.70. The maximum atomic E-state index is 18.0. The van der Waals surface area contributed by atoms with Gasteiger partial charge in [0.1, 0.15) is 47.9 Å². The van der Waals surface area contributed by atoms with Gasteiger partial charge in [-0.1, -0.05) is 69.7 Å². The largest absolute Gasteiger partial charge is 0.481 e. The lowest BCUT2D eigenvalue weighted by atomic mass is 9.44. The molecule has 1 heterocycles. The molecule has 3 saturated carbocycles. The molecule has 560 valence electrons. The Morgan fingerprint density at radius 3 is 1.90 bits per heavy atom. The summed E-state index contributed by atoms with van der Waals surface area (Å²) in [5.74, 6) is -13.5. The first-order chi connectivity index (χ1) is 47.6. The van der Waals surface area contributed by atoms with Gasteiger partial charge < -0.3 is 101 Å². The van der Waals surface area contributed by atoms with E-state index >= 15 is 4.39 Å². The molecular formula is C68H103FN14O18. The summed E-state index contributed by atoms with van der Waals surface area (Å²) in [4.78, 5) is 181. The predicted molar refractivity (Wildman–Crippen MR) is 362 cm³/mol. The number of nitrogens with two attached hydrogens (primary N) is 4. The maximum Gasteiger partial charge on any atom is 0.410 e. The van der Waals surface area contributed by atoms with Crippen molar-refractivity contribution in [1.82, 2.24) is 52.8 Å². The van der Waals surface area contributed by atoms with Crippen LogP contribution in [0.2, 0.25) is 0 Å². The number of alkyl halides is 1. The Bertz CT molecular complexity index is 3270. The molecule has 32 nitrogen and oxygen atoms in total. The standard InChI is InChI=1S/C68H103FN14O18/c1-36(2)30-49-61(96)79-45(17-23-70)57(92)78-47(19-25-72)60(95)82-55(38(4)84)63(98)74-26-20-48(59(94)77-46(18-24-71)58(93)81-50(62(97)80-49)32-39-10-8-7-9-11-39)76-53(88)21-28-83(29-27-75-56(91)44(73)14-15-54(89)90)64(99)101-35-52(87)68(100)37(3)31-43-42-13-12-40-33-41(85)16-22-65(40,5)67(42,69)51(86)34-66(43,68)6/h7-11,16,22,33,36-38,42-51,55,84,86,100H,12-15,17-21,23-32,34-35,70-73H2,1-6H3,(H,74,98)(H,75,91)(H,76,88)(H,77,94)(H,78,92)(H,79,96)(H,80,97)(H,81,93)(H,82,95)(H,89,90)/t37-,38-,42+,43+,44+,45+,46+,47+,48+,49+,50-,51+,55+,65+,66+,67+,68+/m1/s1. The number of aliphatic hydroxyl groups excluding tert-OH is 2. The summed E-state index contributed by atoms with van der Waals surface area (Å²) in [6.07, 6.45) is -2.85. The Morgan fingerprint density at radius 2 is 1.32 bits per heavy atom. The zero-order chi connectivity index (χ0) is 74.9. The Kier molecular flexibility index (Phi) is 29.1. The van der Waals surface area contributed by atoms with Crippen molar-refractivity contribution < 1.29 is 91.9 Å². The summed E-state index contributed by atoms with van der Waals surface area (Å²) < 4.78 is 23.5. The predicted octanol–water partition coefficient (Wildman–Crippen LogP) is -3.33. The van der Waals surface area contributed by atoms with Crippen molar-refractivity contribution in [3.8, 4) is 0 Å². The Labute approximate surface area is 585 Å².